The SMILES string of the molecule is C[C@H](O)CN(C)CCCN(C)C. The van der Waals surface area contributed by atoms with Gasteiger partial charge >= 0.3 is 0 Å². The van der Waals surface area contributed by atoms with Gasteiger partial charge in [0.15, 0.2) is 0 Å². The van der Waals surface area contributed by atoms with Crippen molar-refractivity contribution in [3.8, 4) is 0 Å². The summed E-state index contributed by atoms with van der Waals surface area (Å²) in [5.74, 6) is 0. The van der Waals surface area contributed by atoms with Crippen molar-refractivity contribution < 1.29 is 5.11 Å². The molecule has 1 N–H and O–H groups in total. The maximum Gasteiger partial charge on any atom is 0.0638 e. The lowest BCUT2D eigenvalue weighted by Gasteiger charge is -2.19. The maximum atomic E-state index is 9.08. The van der Waals surface area contributed by atoms with E-state index in [0.29, 0.717) is 0 Å². The molecule has 0 fully saturated rings. The van der Waals surface area contributed by atoms with Crippen LogP contribution in [0.15, 0.2) is 0 Å². The Labute approximate surface area is 76.0 Å². The van der Waals surface area contributed by atoms with E-state index in [0.717, 1.165) is 26.1 Å². The molecule has 0 aliphatic carbocycles. The molecule has 0 radical (unpaired) electrons. The van der Waals surface area contributed by atoms with Gasteiger partial charge in [-0.05, 0) is 47.6 Å². The summed E-state index contributed by atoms with van der Waals surface area (Å²) >= 11 is 0. The van der Waals surface area contributed by atoms with E-state index in [9.17, 15) is 0 Å². The highest BCUT2D eigenvalue weighted by atomic mass is 16.3. The Kier molecular flexibility index (Phi) is 6.34. The molecule has 0 aromatic rings. The predicted molar refractivity (Wildman–Crippen MR) is 52.3 cm³/mol. The number of aliphatic hydroxyl groups is 1. The summed E-state index contributed by atoms with van der Waals surface area (Å²) in [5.41, 5.74) is 0. The fourth-order valence-electron chi connectivity index (χ4n) is 1.20. The first-order chi connectivity index (χ1) is 5.52. The van der Waals surface area contributed by atoms with E-state index in [-0.39, 0.29) is 6.10 Å². The molecule has 0 saturated heterocycles. The molecule has 0 aliphatic heterocycles. The molecule has 1 atom stereocenters. The fraction of sp³-hybridized carbons (Fsp3) is 1.00. The first-order valence-corrected chi connectivity index (χ1v) is 4.53. The largest absolute Gasteiger partial charge is 0.392 e. The minimum Gasteiger partial charge on any atom is -0.392 e. The minimum absolute atomic E-state index is 0.214. The summed E-state index contributed by atoms with van der Waals surface area (Å²) in [5, 5.41) is 9.08. The van der Waals surface area contributed by atoms with Crippen LogP contribution in [0.5, 0.6) is 0 Å². The monoisotopic (exact) mass is 174 g/mol. The van der Waals surface area contributed by atoms with Gasteiger partial charge in [0.05, 0.1) is 6.10 Å². The van der Waals surface area contributed by atoms with Crippen LogP contribution in [0.1, 0.15) is 13.3 Å². The first kappa shape index (κ1) is 11.9. The second-order valence-electron chi connectivity index (χ2n) is 3.77. The van der Waals surface area contributed by atoms with Gasteiger partial charge in [0.2, 0.25) is 0 Å². The third-order valence-electron chi connectivity index (χ3n) is 1.72. The summed E-state index contributed by atoms with van der Waals surface area (Å²) in [6, 6.07) is 0. The average Bonchev–Trinajstić information content (AvgIpc) is 1.84. The van der Waals surface area contributed by atoms with Gasteiger partial charge in [-0.1, -0.05) is 0 Å². The van der Waals surface area contributed by atoms with Crippen molar-refractivity contribution in [1.29, 1.82) is 0 Å². The Morgan fingerprint density at radius 1 is 1.17 bits per heavy atom. The van der Waals surface area contributed by atoms with Gasteiger partial charge in [0.25, 0.3) is 0 Å². The molecule has 0 saturated carbocycles. The van der Waals surface area contributed by atoms with Crippen LogP contribution in [0.25, 0.3) is 0 Å². The molecule has 3 nitrogen and oxygen atoms in total. The maximum absolute atomic E-state index is 9.08. The lowest BCUT2D eigenvalue weighted by molar-refractivity contribution is 0.139. The molecule has 74 valence electrons. The van der Waals surface area contributed by atoms with E-state index in [1.54, 1.807) is 0 Å². The zero-order valence-corrected chi connectivity index (χ0v) is 8.75. The first-order valence-electron chi connectivity index (χ1n) is 4.53. The second kappa shape index (κ2) is 6.40. The summed E-state index contributed by atoms with van der Waals surface area (Å²) < 4.78 is 0. The van der Waals surface area contributed by atoms with Gasteiger partial charge in [-0.3, -0.25) is 0 Å². The van der Waals surface area contributed by atoms with Gasteiger partial charge in [0, 0.05) is 6.54 Å². The van der Waals surface area contributed by atoms with E-state index >= 15 is 0 Å². The van der Waals surface area contributed by atoms with Crippen molar-refractivity contribution in [2.24, 2.45) is 0 Å². The van der Waals surface area contributed by atoms with E-state index in [1.807, 2.05) is 14.0 Å². The Hall–Kier alpha value is -0.120. The van der Waals surface area contributed by atoms with Crippen molar-refractivity contribution in [1.82, 2.24) is 9.80 Å². The minimum atomic E-state index is -0.214. The third-order valence-corrected chi connectivity index (χ3v) is 1.72. The highest BCUT2D eigenvalue weighted by Gasteiger charge is 2.01. The van der Waals surface area contributed by atoms with Crippen LogP contribution in [-0.2, 0) is 0 Å². The number of aliphatic hydroxyl groups excluding tert-OH is 1. The molecule has 0 heterocycles. The Bertz CT molecular complexity index is 105. The van der Waals surface area contributed by atoms with E-state index < -0.39 is 0 Å². The van der Waals surface area contributed by atoms with Crippen LogP contribution in [0, 0.1) is 0 Å². The average molecular weight is 174 g/mol. The number of likely N-dealkylation sites (N-methyl/N-ethyl adjacent to an activating group) is 1. The van der Waals surface area contributed by atoms with Crippen LogP contribution in [0.4, 0.5) is 0 Å². The van der Waals surface area contributed by atoms with Crippen molar-refractivity contribution in [2.45, 2.75) is 19.4 Å². The highest BCUT2D eigenvalue weighted by molar-refractivity contribution is 4.57. The smallest absolute Gasteiger partial charge is 0.0638 e. The van der Waals surface area contributed by atoms with Gasteiger partial charge in [0.1, 0.15) is 0 Å². The Morgan fingerprint density at radius 3 is 2.17 bits per heavy atom. The van der Waals surface area contributed by atoms with Crippen molar-refractivity contribution >= 4 is 0 Å². The van der Waals surface area contributed by atoms with E-state index in [4.69, 9.17) is 5.11 Å². The molecule has 0 aromatic carbocycles. The van der Waals surface area contributed by atoms with Gasteiger partial charge in [-0.15, -0.1) is 0 Å². The lowest BCUT2D eigenvalue weighted by Crippen LogP contribution is -2.29. The van der Waals surface area contributed by atoms with Crippen molar-refractivity contribution in [2.75, 3.05) is 40.8 Å². The molecule has 0 amide bonds. The molecular formula is C9H22N2O. The van der Waals surface area contributed by atoms with Crippen molar-refractivity contribution in [3.63, 3.8) is 0 Å². The lowest BCUT2D eigenvalue weighted by atomic mass is 10.3. The molecule has 0 bridgehead atoms. The number of nitrogens with zero attached hydrogens (tertiary/aromatic N) is 2. The van der Waals surface area contributed by atoms with Gasteiger partial charge in [-0.2, -0.15) is 0 Å². The molecule has 0 aromatic heterocycles. The zero-order chi connectivity index (χ0) is 9.56. The van der Waals surface area contributed by atoms with E-state index in [1.165, 1.54) is 0 Å². The summed E-state index contributed by atoms with van der Waals surface area (Å²) in [4.78, 5) is 4.34. The number of hydrogen-bond acceptors (Lipinski definition) is 3. The van der Waals surface area contributed by atoms with Crippen LogP contribution in [0.2, 0.25) is 0 Å². The summed E-state index contributed by atoms with van der Waals surface area (Å²) in [6.45, 7) is 4.77. The molecule has 0 unspecified atom stereocenters. The highest BCUT2D eigenvalue weighted by Crippen LogP contribution is 1.91. The van der Waals surface area contributed by atoms with Gasteiger partial charge < -0.3 is 14.9 Å². The molecule has 0 spiro atoms. The van der Waals surface area contributed by atoms with Crippen LogP contribution in [-0.4, -0.2) is 61.8 Å². The molecule has 3 heteroatoms. The van der Waals surface area contributed by atoms with Gasteiger partial charge in [-0.25, -0.2) is 0 Å². The molecule has 0 rings (SSSR count). The second-order valence-corrected chi connectivity index (χ2v) is 3.77. The Morgan fingerprint density at radius 2 is 1.75 bits per heavy atom. The van der Waals surface area contributed by atoms with Crippen LogP contribution < -0.4 is 0 Å². The van der Waals surface area contributed by atoms with Crippen molar-refractivity contribution in [3.05, 3.63) is 0 Å². The quantitative estimate of drug-likeness (QED) is 0.625. The van der Waals surface area contributed by atoms with Crippen LogP contribution >= 0.6 is 0 Å². The van der Waals surface area contributed by atoms with E-state index in [2.05, 4.69) is 23.9 Å². The standard InChI is InChI=1S/C9H22N2O/c1-9(12)8-11(4)7-5-6-10(2)3/h9,12H,5-8H2,1-4H3/t9-/m0/s1. The normalized spacial score (nSPS) is 14.2. The molecule has 0 aliphatic rings. The molecular weight excluding hydrogens is 152 g/mol. The Balaban J connectivity index is 3.25. The summed E-state index contributed by atoms with van der Waals surface area (Å²) in [7, 11) is 6.20. The third kappa shape index (κ3) is 7.98. The fourth-order valence-corrected chi connectivity index (χ4v) is 1.20. The topological polar surface area (TPSA) is 26.7 Å². The number of rotatable bonds is 6. The molecule has 12 heavy (non-hydrogen) atoms. The number of hydrogen-bond donors (Lipinski definition) is 1. The van der Waals surface area contributed by atoms with Crippen LogP contribution in [0.3, 0.4) is 0 Å². The summed E-state index contributed by atoms with van der Waals surface area (Å²) in [6.07, 6.45) is 0.949. The predicted octanol–water partition coefficient (Wildman–Crippen LogP) is 0.251. The zero-order valence-electron chi connectivity index (χ0n) is 8.75.